The number of carbonyl (C=O) groups excluding carboxylic acids is 1. The number of nitrogens with one attached hydrogen (secondary N) is 1. The van der Waals surface area contributed by atoms with Crippen molar-refractivity contribution in [2.75, 3.05) is 5.32 Å². The molecule has 5 rings (SSSR count). The normalized spacial score (nSPS) is 11.4. The predicted octanol–water partition coefficient (Wildman–Crippen LogP) is 8.37. The van der Waals surface area contributed by atoms with Gasteiger partial charge in [-0.3, -0.25) is 4.79 Å². The average Bonchev–Trinajstić information content (AvgIpc) is 3.47. The second-order valence-electron chi connectivity index (χ2n) is 7.33. The molecule has 0 aliphatic rings. The summed E-state index contributed by atoms with van der Waals surface area (Å²) in [6.07, 6.45) is 2.96. The van der Waals surface area contributed by atoms with Gasteiger partial charge < -0.3 is 14.2 Å². The van der Waals surface area contributed by atoms with E-state index in [0.717, 1.165) is 5.56 Å². The van der Waals surface area contributed by atoms with Gasteiger partial charge in [-0.25, -0.2) is 4.98 Å². The van der Waals surface area contributed by atoms with Gasteiger partial charge in [-0.2, -0.15) is 0 Å². The van der Waals surface area contributed by atoms with Gasteiger partial charge in [0.05, 0.1) is 10.0 Å². The number of carbonyl (C=O) groups is 1. The van der Waals surface area contributed by atoms with E-state index < -0.39 is 0 Å². The zero-order valence-electron chi connectivity index (χ0n) is 17.4. The van der Waals surface area contributed by atoms with Crippen LogP contribution in [-0.2, 0) is 4.79 Å². The fraction of sp³-hybridized carbons (Fsp3) is 0. The van der Waals surface area contributed by atoms with Crippen molar-refractivity contribution in [3.8, 4) is 22.8 Å². The molecule has 1 amide bonds. The molecule has 8 heteroatoms. The fourth-order valence-electron chi connectivity index (χ4n) is 3.34. The molecule has 168 valence electrons. The molecule has 0 bridgehead atoms. The first-order chi connectivity index (χ1) is 16.5. The number of aromatic nitrogens is 1. The summed E-state index contributed by atoms with van der Waals surface area (Å²) in [5, 5.41) is 4.30. The van der Waals surface area contributed by atoms with E-state index in [0.29, 0.717) is 54.8 Å². The zero-order valence-corrected chi connectivity index (χ0v) is 19.7. The van der Waals surface area contributed by atoms with E-state index in [1.165, 1.54) is 6.08 Å². The summed E-state index contributed by atoms with van der Waals surface area (Å²) in [5.41, 5.74) is 3.31. The van der Waals surface area contributed by atoms with Gasteiger partial charge in [0.1, 0.15) is 17.0 Å². The number of halogens is 3. The third-order valence-corrected chi connectivity index (χ3v) is 6.06. The maximum atomic E-state index is 12.4. The maximum absolute atomic E-state index is 12.4. The lowest BCUT2D eigenvalue weighted by Gasteiger charge is -2.02. The van der Waals surface area contributed by atoms with Crippen LogP contribution in [0.4, 0.5) is 5.69 Å². The van der Waals surface area contributed by atoms with E-state index >= 15 is 0 Å². The summed E-state index contributed by atoms with van der Waals surface area (Å²) in [5.74, 6) is 1.21. The number of oxazole rings is 1. The van der Waals surface area contributed by atoms with E-state index in [9.17, 15) is 4.79 Å². The van der Waals surface area contributed by atoms with Crippen molar-refractivity contribution in [3.05, 3.63) is 99.7 Å². The molecular formula is C26H15Cl3N2O3. The van der Waals surface area contributed by atoms with Crippen molar-refractivity contribution in [1.29, 1.82) is 0 Å². The SMILES string of the molecule is O=C(C=Cc1ccc(-c2cccc(Cl)c2Cl)o1)Nc1ccc2oc(-c3ccc(Cl)cc3)nc2c1. The van der Waals surface area contributed by atoms with Gasteiger partial charge in [-0.15, -0.1) is 0 Å². The molecule has 5 nitrogen and oxygen atoms in total. The summed E-state index contributed by atoms with van der Waals surface area (Å²) < 4.78 is 11.6. The van der Waals surface area contributed by atoms with Gasteiger partial charge in [0.15, 0.2) is 5.58 Å². The number of hydrogen-bond donors (Lipinski definition) is 1. The van der Waals surface area contributed by atoms with Crippen LogP contribution in [0.25, 0.3) is 40.0 Å². The molecular weight excluding hydrogens is 495 g/mol. The Balaban J connectivity index is 1.29. The summed E-state index contributed by atoms with van der Waals surface area (Å²) in [7, 11) is 0. The molecule has 34 heavy (non-hydrogen) atoms. The van der Waals surface area contributed by atoms with Crippen LogP contribution in [0.1, 0.15) is 5.76 Å². The molecule has 0 atom stereocenters. The van der Waals surface area contributed by atoms with Gasteiger partial charge >= 0.3 is 0 Å². The van der Waals surface area contributed by atoms with Crippen LogP contribution in [0, 0.1) is 0 Å². The highest BCUT2D eigenvalue weighted by atomic mass is 35.5. The van der Waals surface area contributed by atoms with Crippen molar-refractivity contribution >= 4 is 63.6 Å². The van der Waals surface area contributed by atoms with Gasteiger partial charge in [0.2, 0.25) is 11.8 Å². The molecule has 2 heterocycles. The topological polar surface area (TPSA) is 68.3 Å². The number of fused-ring (bicyclic) bond motifs is 1. The van der Waals surface area contributed by atoms with E-state index in [-0.39, 0.29) is 5.91 Å². The number of amides is 1. The molecule has 1 N–H and O–H groups in total. The van der Waals surface area contributed by atoms with E-state index in [4.69, 9.17) is 43.6 Å². The van der Waals surface area contributed by atoms with Crippen LogP contribution in [0.2, 0.25) is 15.1 Å². The highest BCUT2D eigenvalue weighted by molar-refractivity contribution is 6.43. The molecule has 0 radical (unpaired) electrons. The van der Waals surface area contributed by atoms with Crippen LogP contribution in [-0.4, -0.2) is 10.9 Å². The van der Waals surface area contributed by atoms with E-state index in [2.05, 4.69) is 10.3 Å². The quantitative estimate of drug-likeness (QED) is 0.242. The minimum Gasteiger partial charge on any atom is -0.457 e. The number of anilines is 1. The van der Waals surface area contributed by atoms with Crippen molar-refractivity contribution in [3.63, 3.8) is 0 Å². The Morgan fingerprint density at radius 2 is 1.74 bits per heavy atom. The third kappa shape index (κ3) is 4.73. The van der Waals surface area contributed by atoms with Crippen LogP contribution >= 0.6 is 34.8 Å². The number of benzene rings is 3. The Kier molecular flexibility index (Phi) is 6.16. The first-order valence-corrected chi connectivity index (χ1v) is 11.3. The molecule has 0 aliphatic carbocycles. The Bertz CT molecular complexity index is 1530. The fourth-order valence-corrected chi connectivity index (χ4v) is 3.86. The lowest BCUT2D eigenvalue weighted by atomic mass is 10.2. The Hall–Kier alpha value is -3.51. The largest absolute Gasteiger partial charge is 0.457 e. The number of furan rings is 1. The highest BCUT2D eigenvalue weighted by Crippen LogP contribution is 2.34. The third-order valence-electron chi connectivity index (χ3n) is 4.99. The van der Waals surface area contributed by atoms with Crippen molar-refractivity contribution in [2.24, 2.45) is 0 Å². The molecule has 0 saturated carbocycles. The number of rotatable bonds is 5. The summed E-state index contributed by atoms with van der Waals surface area (Å²) in [4.78, 5) is 16.9. The molecule has 0 unspecified atom stereocenters. The van der Waals surface area contributed by atoms with Gasteiger partial charge in [-0.05, 0) is 72.8 Å². The van der Waals surface area contributed by atoms with Crippen molar-refractivity contribution in [2.45, 2.75) is 0 Å². The minimum absolute atomic E-state index is 0.320. The Labute approximate surface area is 209 Å². The van der Waals surface area contributed by atoms with Gasteiger partial charge in [0, 0.05) is 27.9 Å². The smallest absolute Gasteiger partial charge is 0.248 e. The van der Waals surface area contributed by atoms with E-state index in [1.54, 1.807) is 60.7 Å². The predicted molar refractivity (Wildman–Crippen MR) is 136 cm³/mol. The van der Waals surface area contributed by atoms with Crippen LogP contribution < -0.4 is 5.32 Å². The Morgan fingerprint density at radius 3 is 2.56 bits per heavy atom. The standard InChI is InChI=1S/C26H15Cl3N2O3/c27-16-6-4-15(5-7-16)26-31-21-14-17(8-11-23(21)34-26)30-24(32)13-10-18-9-12-22(33-18)19-2-1-3-20(28)25(19)29/h1-14H,(H,30,32). The molecule has 0 fully saturated rings. The minimum atomic E-state index is -0.320. The molecule has 3 aromatic carbocycles. The maximum Gasteiger partial charge on any atom is 0.248 e. The first kappa shape index (κ1) is 22.3. The lowest BCUT2D eigenvalue weighted by molar-refractivity contribution is -0.111. The van der Waals surface area contributed by atoms with Crippen LogP contribution in [0.5, 0.6) is 0 Å². The molecule has 0 saturated heterocycles. The van der Waals surface area contributed by atoms with Gasteiger partial charge in [0.25, 0.3) is 0 Å². The second-order valence-corrected chi connectivity index (χ2v) is 8.56. The lowest BCUT2D eigenvalue weighted by Crippen LogP contribution is -2.07. The Morgan fingerprint density at radius 1 is 0.912 bits per heavy atom. The van der Waals surface area contributed by atoms with E-state index in [1.807, 2.05) is 18.2 Å². The zero-order chi connectivity index (χ0) is 23.7. The van der Waals surface area contributed by atoms with Crippen molar-refractivity contribution in [1.82, 2.24) is 4.98 Å². The average molecular weight is 510 g/mol. The first-order valence-electron chi connectivity index (χ1n) is 10.2. The highest BCUT2D eigenvalue weighted by Gasteiger charge is 2.11. The number of nitrogens with zero attached hydrogens (tertiary/aromatic N) is 1. The molecule has 0 spiro atoms. The second kappa shape index (κ2) is 9.39. The van der Waals surface area contributed by atoms with Crippen LogP contribution in [0.15, 0.2) is 87.7 Å². The van der Waals surface area contributed by atoms with Crippen LogP contribution in [0.3, 0.4) is 0 Å². The molecule has 2 aromatic heterocycles. The summed E-state index contributed by atoms with van der Waals surface area (Å²) in [6.45, 7) is 0. The van der Waals surface area contributed by atoms with Gasteiger partial charge in [-0.1, -0.05) is 40.9 Å². The summed E-state index contributed by atoms with van der Waals surface area (Å²) >= 11 is 18.3. The molecule has 0 aliphatic heterocycles. The monoisotopic (exact) mass is 508 g/mol. The molecule has 5 aromatic rings. The number of hydrogen-bond acceptors (Lipinski definition) is 4. The summed E-state index contributed by atoms with van der Waals surface area (Å²) in [6, 6.07) is 21.3. The van der Waals surface area contributed by atoms with Crippen molar-refractivity contribution < 1.29 is 13.6 Å².